The maximum atomic E-state index is 13.1. The molecule has 3 N–H and O–H groups in total. The van der Waals surface area contributed by atoms with Gasteiger partial charge in [0, 0.05) is 25.7 Å². The van der Waals surface area contributed by atoms with Crippen LogP contribution in [0, 0.1) is 5.92 Å². The number of unbranched alkanes of at least 4 members (excludes halogenated alkanes) is 55. The standard InChI is InChI=1S/C83H162O17P2/c1-6-9-12-15-18-21-24-27-29-31-33-35-37-43-48-53-58-63-68-82(87)99-79(73-94-81(86)67-62-57-52-47-42-36-34-32-30-28-25-22-19-16-13-10-7-2)75-98-102(91,92)96-71-77(84)70-95-101(89,90)97-74-78(72-93-80(85)66-61-56-51-46-41-26-23-20-17-14-11-8-3)100-83(88)69-64-59-54-49-44-39-38-40-45-50-55-60-65-76(4)5/h76-79,84H,6-75H2,1-5H3,(H,89,90)(H,91,92)/t77-,78+,79+/m0/s1. The Hall–Kier alpha value is -1.94. The van der Waals surface area contributed by atoms with Crippen molar-refractivity contribution in [2.24, 2.45) is 5.92 Å². The highest BCUT2D eigenvalue weighted by molar-refractivity contribution is 7.47. The van der Waals surface area contributed by atoms with Gasteiger partial charge in [0.05, 0.1) is 26.4 Å². The van der Waals surface area contributed by atoms with Crippen LogP contribution in [0.5, 0.6) is 0 Å². The fourth-order valence-corrected chi connectivity index (χ4v) is 14.5. The monoisotopic (exact) mass is 1490 g/mol. The van der Waals surface area contributed by atoms with Crippen LogP contribution in [-0.4, -0.2) is 96.7 Å². The molecule has 0 saturated heterocycles. The summed E-state index contributed by atoms with van der Waals surface area (Å²) in [6, 6.07) is 0. The van der Waals surface area contributed by atoms with Gasteiger partial charge in [0.1, 0.15) is 19.3 Å². The molecule has 0 saturated carbocycles. The SMILES string of the molecule is CCCCCCCCCCCCCCCCCCCCC(=O)O[C@H](COC(=O)CCCCCCCCCCCCCCCCCCC)COP(=O)(O)OC[C@@H](O)COP(=O)(O)OC[C@@H](COC(=O)CCCCCCCCCCCCCC)OC(=O)CCCCCCCCCCCCCCC(C)C. The van der Waals surface area contributed by atoms with Gasteiger partial charge < -0.3 is 33.8 Å². The number of aliphatic hydroxyl groups excluding tert-OH is 1. The van der Waals surface area contributed by atoms with E-state index in [1.807, 2.05) is 0 Å². The van der Waals surface area contributed by atoms with Crippen molar-refractivity contribution in [2.75, 3.05) is 39.6 Å². The second-order valence-corrected chi connectivity index (χ2v) is 33.3. The molecule has 0 spiro atoms. The van der Waals surface area contributed by atoms with E-state index in [-0.39, 0.29) is 25.7 Å². The van der Waals surface area contributed by atoms with Crippen LogP contribution in [0.15, 0.2) is 0 Å². The number of carbonyl (C=O) groups is 4. The third-order valence-corrected chi connectivity index (χ3v) is 21.4. The Bertz CT molecular complexity index is 1940. The third kappa shape index (κ3) is 76.3. The zero-order chi connectivity index (χ0) is 74.8. The van der Waals surface area contributed by atoms with Gasteiger partial charge in [-0.05, 0) is 31.6 Å². The lowest BCUT2D eigenvalue weighted by Crippen LogP contribution is -2.30. The maximum absolute atomic E-state index is 13.1. The minimum absolute atomic E-state index is 0.108. The number of phosphoric acid groups is 2. The fraction of sp³-hybridized carbons (Fsp3) is 0.952. The molecule has 102 heavy (non-hydrogen) atoms. The second kappa shape index (κ2) is 75.9. The van der Waals surface area contributed by atoms with Crippen molar-refractivity contribution in [2.45, 2.75) is 464 Å². The number of rotatable bonds is 83. The van der Waals surface area contributed by atoms with Crippen molar-refractivity contribution in [1.29, 1.82) is 0 Å². The molecule has 0 fully saturated rings. The van der Waals surface area contributed by atoms with Gasteiger partial charge in [0.2, 0.25) is 0 Å². The number of hydrogen-bond acceptors (Lipinski definition) is 15. The van der Waals surface area contributed by atoms with E-state index >= 15 is 0 Å². The van der Waals surface area contributed by atoms with Gasteiger partial charge in [-0.2, -0.15) is 0 Å². The topological polar surface area (TPSA) is 237 Å². The van der Waals surface area contributed by atoms with E-state index in [0.717, 1.165) is 95.8 Å². The van der Waals surface area contributed by atoms with Crippen molar-refractivity contribution < 1.29 is 80.2 Å². The lowest BCUT2D eigenvalue weighted by Gasteiger charge is -2.21. The molecule has 606 valence electrons. The van der Waals surface area contributed by atoms with Gasteiger partial charge in [-0.3, -0.25) is 37.3 Å². The summed E-state index contributed by atoms with van der Waals surface area (Å²) < 4.78 is 68.8. The van der Waals surface area contributed by atoms with Gasteiger partial charge in [-0.15, -0.1) is 0 Å². The summed E-state index contributed by atoms with van der Waals surface area (Å²) >= 11 is 0. The van der Waals surface area contributed by atoms with E-state index < -0.39 is 97.5 Å². The largest absolute Gasteiger partial charge is 0.472 e. The second-order valence-electron chi connectivity index (χ2n) is 30.3. The number of ether oxygens (including phenoxy) is 4. The van der Waals surface area contributed by atoms with Crippen LogP contribution in [0.2, 0.25) is 0 Å². The molecule has 5 atom stereocenters. The summed E-state index contributed by atoms with van der Waals surface area (Å²) in [5.74, 6) is -1.32. The van der Waals surface area contributed by atoms with Gasteiger partial charge in [-0.25, -0.2) is 9.13 Å². The lowest BCUT2D eigenvalue weighted by molar-refractivity contribution is -0.161. The predicted octanol–water partition coefficient (Wildman–Crippen LogP) is 25.2. The molecule has 17 nitrogen and oxygen atoms in total. The Morgan fingerprint density at radius 1 is 0.265 bits per heavy atom. The van der Waals surface area contributed by atoms with E-state index in [9.17, 15) is 43.2 Å². The van der Waals surface area contributed by atoms with E-state index in [1.54, 1.807) is 0 Å². The number of carbonyl (C=O) groups excluding carboxylic acids is 4. The summed E-state index contributed by atoms with van der Waals surface area (Å²) in [6.45, 7) is 7.36. The average Bonchev–Trinajstić information content (AvgIpc) is 0.921. The van der Waals surface area contributed by atoms with Crippen molar-refractivity contribution in [3.05, 3.63) is 0 Å². The molecule has 19 heteroatoms. The molecule has 0 bridgehead atoms. The first kappa shape index (κ1) is 100. The molecule has 0 aromatic carbocycles. The fourth-order valence-electron chi connectivity index (χ4n) is 12.9. The molecule has 2 unspecified atom stereocenters. The molecule has 0 aliphatic heterocycles. The summed E-state index contributed by atoms with van der Waals surface area (Å²) in [4.78, 5) is 73.1. The highest BCUT2D eigenvalue weighted by atomic mass is 31.2. The van der Waals surface area contributed by atoms with Crippen molar-refractivity contribution >= 4 is 39.5 Å². The highest BCUT2D eigenvalue weighted by Crippen LogP contribution is 2.45. The predicted molar refractivity (Wildman–Crippen MR) is 418 cm³/mol. The minimum atomic E-state index is -4.96. The Kier molecular flexibility index (Phi) is 74.4. The van der Waals surface area contributed by atoms with Crippen LogP contribution >= 0.6 is 15.6 Å². The molecule has 0 aromatic heterocycles. The minimum Gasteiger partial charge on any atom is -0.462 e. The quantitative estimate of drug-likeness (QED) is 0.0222. The first-order valence-corrected chi connectivity index (χ1v) is 46.1. The van der Waals surface area contributed by atoms with Gasteiger partial charge in [0.15, 0.2) is 12.2 Å². The van der Waals surface area contributed by atoms with Crippen LogP contribution in [0.4, 0.5) is 0 Å². The summed E-state index contributed by atoms with van der Waals surface area (Å²) in [6.07, 6.45) is 67.9. The maximum Gasteiger partial charge on any atom is 0.472 e. The van der Waals surface area contributed by atoms with Crippen LogP contribution in [-0.2, 0) is 65.4 Å². The van der Waals surface area contributed by atoms with Crippen LogP contribution < -0.4 is 0 Å². The summed E-state index contributed by atoms with van der Waals surface area (Å²) in [5, 5.41) is 10.7. The molecular formula is C83H162O17P2. The van der Waals surface area contributed by atoms with Crippen molar-refractivity contribution in [3.8, 4) is 0 Å². The Labute approximate surface area is 626 Å². The van der Waals surface area contributed by atoms with Crippen LogP contribution in [0.3, 0.4) is 0 Å². The molecule has 0 amide bonds. The molecular weight excluding hydrogens is 1330 g/mol. The van der Waals surface area contributed by atoms with Gasteiger partial charge >= 0.3 is 39.5 Å². The Morgan fingerprint density at radius 2 is 0.451 bits per heavy atom. The smallest absolute Gasteiger partial charge is 0.462 e. The molecule has 0 aliphatic rings. The first-order chi connectivity index (χ1) is 49.5. The molecule has 0 aliphatic carbocycles. The Morgan fingerprint density at radius 3 is 0.667 bits per heavy atom. The zero-order valence-corrected chi connectivity index (χ0v) is 68.5. The van der Waals surface area contributed by atoms with E-state index in [1.165, 1.54) is 270 Å². The third-order valence-electron chi connectivity index (χ3n) is 19.5. The van der Waals surface area contributed by atoms with Gasteiger partial charge in [0.25, 0.3) is 0 Å². The van der Waals surface area contributed by atoms with Crippen LogP contribution in [0.1, 0.15) is 446 Å². The van der Waals surface area contributed by atoms with Crippen molar-refractivity contribution in [1.82, 2.24) is 0 Å². The molecule has 0 aromatic rings. The first-order valence-electron chi connectivity index (χ1n) is 43.1. The molecule has 0 rings (SSSR count). The summed E-state index contributed by atoms with van der Waals surface area (Å²) in [5.41, 5.74) is 0. The van der Waals surface area contributed by atoms with Crippen LogP contribution in [0.25, 0.3) is 0 Å². The number of esters is 4. The Balaban J connectivity index is 5.26. The number of aliphatic hydroxyl groups is 1. The summed E-state index contributed by atoms with van der Waals surface area (Å²) in [7, 11) is -9.92. The average molecular weight is 1490 g/mol. The lowest BCUT2D eigenvalue weighted by atomic mass is 10.0. The molecule has 0 heterocycles. The normalized spacial score (nSPS) is 13.8. The van der Waals surface area contributed by atoms with E-state index in [2.05, 4.69) is 34.6 Å². The highest BCUT2D eigenvalue weighted by Gasteiger charge is 2.30. The van der Waals surface area contributed by atoms with E-state index in [4.69, 9.17) is 37.0 Å². The number of phosphoric ester groups is 2. The van der Waals surface area contributed by atoms with Gasteiger partial charge in [-0.1, -0.05) is 394 Å². The zero-order valence-electron chi connectivity index (χ0n) is 66.8. The number of hydrogen-bond donors (Lipinski definition) is 3. The van der Waals surface area contributed by atoms with Crippen molar-refractivity contribution in [3.63, 3.8) is 0 Å². The van der Waals surface area contributed by atoms with E-state index in [0.29, 0.717) is 25.7 Å². The molecule has 0 radical (unpaired) electrons.